The van der Waals surface area contributed by atoms with Crippen LogP contribution in [0.3, 0.4) is 0 Å². The first-order valence-electron chi connectivity index (χ1n) is 7.61. The van der Waals surface area contributed by atoms with Gasteiger partial charge in [-0.1, -0.05) is 50.6 Å². The molecule has 0 atom stereocenters. The van der Waals surface area contributed by atoms with Gasteiger partial charge >= 0.3 is 0 Å². The topological polar surface area (TPSA) is 95.7 Å². The third-order valence-corrected chi connectivity index (χ3v) is 4.35. The summed E-state index contributed by atoms with van der Waals surface area (Å²) < 4.78 is 21.3. The summed E-state index contributed by atoms with van der Waals surface area (Å²) in [5, 5.41) is 11.9. The smallest absolute Gasteiger partial charge is 0.282 e. The lowest BCUT2D eigenvalue weighted by Gasteiger charge is -2.04. The van der Waals surface area contributed by atoms with E-state index in [2.05, 4.69) is 36.4 Å². The minimum atomic E-state index is -0.492. The summed E-state index contributed by atoms with van der Waals surface area (Å²) in [6, 6.07) is 12.2. The third-order valence-electron chi connectivity index (χ3n) is 3.86. The van der Waals surface area contributed by atoms with E-state index in [1.165, 1.54) is 10.7 Å². The van der Waals surface area contributed by atoms with Crippen molar-refractivity contribution in [3.63, 3.8) is 0 Å². The number of halogens is 2. The molecule has 0 unspecified atom stereocenters. The molecule has 0 saturated carbocycles. The van der Waals surface area contributed by atoms with Gasteiger partial charge in [0.2, 0.25) is 5.82 Å². The maximum atomic E-state index is 14.2. The summed E-state index contributed by atoms with van der Waals surface area (Å²) in [5.41, 5.74) is 8.30. The summed E-state index contributed by atoms with van der Waals surface area (Å²) in [4.78, 5) is 4.34. The van der Waals surface area contributed by atoms with Gasteiger partial charge in [-0.25, -0.2) is 4.39 Å². The second-order valence-corrected chi connectivity index (χ2v) is 6.48. The molecule has 0 radical (unpaired) electrons. The molecular weight excluding hydrogens is 403 g/mol. The van der Waals surface area contributed by atoms with E-state index < -0.39 is 5.82 Å². The van der Waals surface area contributed by atoms with E-state index in [1.807, 2.05) is 31.2 Å². The molecule has 0 saturated heterocycles. The third kappa shape index (κ3) is 2.76. The van der Waals surface area contributed by atoms with Gasteiger partial charge in [-0.2, -0.15) is 9.67 Å². The monoisotopic (exact) mass is 414 g/mol. The Morgan fingerprint density at radius 2 is 2.00 bits per heavy atom. The molecule has 0 bridgehead atoms. The second kappa shape index (κ2) is 6.34. The molecule has 7 nitrogen and oxygen atoms in total. The number of rotatable bonds is 3. The quantitative estimate of drug-likeness (QED) is 0.547. The molecule has 0 aliphatic heterocycles. The van der Waals surface area contributed by atoms with Crippen LogP contribution in [0.25, 0.3) is 28.7 Å². The minimum Gasteiger partial charge on any atom is -0.382 e. The fourth-order valence-electron chi connectivity index (χ4n) is 2.53. The Balaban J connectivity index is 1.75. The highest BCUT2D eigenvalue weighted by atomic mass is 79.9. The van der Waals surface area contributed by atoms with E-state index in [9.17, 15) is 4.39 Å². The first-order valence-corrected chi connectivity index (χ1v) is 8.40. The lowest BCUT2D eigenvalue weighted by Crippen LogP contribution is -2.04. The summed E-state index contributed by atoms with van der Waals surface area (Å²) in [6.45, 7) is 1.95. The highest BCUT2D eigenvalue weighted by Gasteiger charge is 2.21. The molecule has 2 N–H and O–H groups in total. The minimum absolute atomic E-state index is 0.103. The predicted octanol–water partition coefficient (Wildman–Crippen LogP) is 3.78. The van der Waals surface area contributed by atoms with Crippen LogP contribution in [0.1, 0.15) is 5.56 Å². The van der Waals surface area contributed by atoms with Gasteiger partial charge in [0.15, 0.2) is 11.5 Å². The summed E-state index contributed by atoms with van der Waals surface area (Å²) >= 11 is 3.21. The van der Waals surface area contributed by atoms with E-state index in [0.29, 0.717) is 10.3 Å². The van der Waals surface area contributed by atoms with Crippen LogP contribution in [0.15, 0.2) is 51.5 Å². The zero-order valence-electron chi connectivity index (χ0n) is 13.5. The van der Waals surface area contributed by atoms with Crippen LogP contribution in [-0.4, -0.2) is 25.1 Å². The van der Waals surface area contributed by atoms with Crippen LogP contribution < -0.4 is 5.73 Å². The van der Waals surface area contributed by atoms with Gasteiger partial charge in [0.25, 0.3) is 5.89 Å². The molecule has 0 aliphatic carbocycles. The molecule has 130 valence electrons. The van der Waals surface area contributed by atoms with Crippen molar-refractivity contribution in [3.8, 4) is 28.7 Å². The Hall–Kier alpha value is -3.07. The number of hydrogen-bond donors (Lipinski definition) is 1. The van der Waals surface area contributed by atoms with E-state index >= 15 is 0 Å². The molecule has 0 fully saturated rings. The Labute approximate surface area is 155 Å². The first kappa shape index (κ1) is 16.4. The number of anilines is 1. The largest absolute Gasteiger partial charge is 0.382 e. The highest BCUT2D eigenvalue weighted by Crippen LogP contribution is 2.28. The fourth-order valence-corrected chi connectivity index (χ4v) is 2.86. The lowest BCUT2D eigenvalue weighted by atomic mass is 10.1. The van der Waals surface area contributed by atoms with E-state index in [4.69, 9.17) is 10.3 Å². The van der Waals surface area contributed by atoms with Crippen molar-refractivity contribution in [2.75, 3.05) is 5.73 Å². The molecule has 2 aromatic carbocycles. The van der Waals surface area contributed by atoms with Crippen LogP contribution >= 0.6 is 15.9 Å². The lowest BCUT2D eigenvalue weighted by molar-refractivity contribution is 0.431. The molecular formula is C17H12BrFN6O. The van der Waals surface area contributed by atoms with Crippen molar-refractivity contribution >= 4 is 21.7 Å². The first-order chi connectivity index (χ1) is 12.5. The van der Waals surface area contributed by atoms with E-state index in [0.717, 1.165) is 11.1 Å². The Kier molecular flexibility index (Phi) is 4.00. The molecule has 4 aromatic rings. The normalized spacial score (nSPS) is 11.0. The Bertz CT molecular complexity index is 1110. The van der Waals surface area contributed by atoms with Crippen LogP contribution in [-0.2, 0) is 0 Å². The highest BCUT2D eigenvalue weighted by molar-refractivity contribution is 9.10. The van der Waals surface area contributed by atoms with Gasteiger partial charge in [0.1, 0.15) is 11.5 Å². The average molecular weight is 415 g/mol. The van der Waals surface area contributed by atoms with Crippen molar-refractivity contribution in [1.82, 2.24) is 25.1 Å². The predicted molar refractivity (Wildman–Crippen MR) is 96.9 cm³/mol. The van der Waals surface area contributed by atoms with Crippen LogP contribution in [0.2, 0.25) is 0 Å². The molecule has 0 aliphatic rings. The number of nitrogens with zero attached hydrogens (tertiary/aromatic N) is 5. The van der Waals surface area contributed by atoms with Crippen molar-refractivity contribution in [2.45, 2.75) is 6.92 Å². The number of nitrogen functional groups attached to an aromatic ring is 1. The number of nitrogens with two attached hydrogens (primary N) is 1. The zero-order chi connectivity index (χ0) is 18.3. The van der Waals surface area contributed by atoms with Crippen molar-refractivity contribution in [2.24, 2.45) is 0 Å². The Morgan fingerprint density at radius 3 is 2.77 bits per heavy atom. The molecule has 26 heavy (non-hydrogen) atoms. The number of aryl methyl sites for hydroxylation is 1. The fraction of sp³-hybridized carbons (Fsp3) is 0.0588. The van der Waals surface area contributed by atoms with Crippen molar-refractivity contribution < 1.29 is 8.91 Å². The van der Waals surface area contributed by atoms with E-state index in [1.54, 1.807) is 12.1 Å². The summed E-state index contributed by atoms with van der Waals surface area (Å²) in [5.74, 6) is 0.145. The zero-order valence-corrected chi connectivity index (χ0v) is 15.1. The average Bonchev–Trinajstić information content (AvgIpc) is 3.22. The number of hydrogen-bond acceptors (Lipinski definition) is 6. The SMILES string of the molecule is Cc1ccccc1-c1noc(-c2nnn(-c3ccc(Br)cc3F)c2N)n1. The van der Waals surface area contributed by atoms with Gasteiger partial charge in [-0.15, -0.1) is 5.10 Å². The number of aromatic nitrogens is 5. The second-order valence-electron chi connectivity index (χ2n) is 5.57. The number of benzene rings is 2. The molecule has 9 heteroatoms. The maximum Gasteiger partial charge on any atom is 0.282 e. The molecule has 0 spiro atoms. The van der Waals surface area contributed by atoms with Gasteiger partial charge < -0.3 is 10.3 Å². The van der Waals surface area contributed by atoms with E-state index in [-0.39, 0.29) is 23.1 Å². The van der Waals surface area contributed by atoms with Crippen LogP contribution in [0.5, 0.6) is 0 Å². The molecule has 0 amide bonds. The van der Waals surface area contributed by atoms with Crippen molar-refractivity contribution in [3.05, 3.63) is 58.3 Å². The van der Waals surface area contributed by atoms with Gasteiger partial charge in [0, 0.05) is 10.0 Å². The maximum absolute atomic E-state index is 14.2. The van der Waals surface area contributed by atoms with Gasteiger partial charge in [0.05, 0.1) is 0 Å². The van der Waals surface area contributed by atoms with Crippen LogP contribution in [0, 0.1) is 12.7 Å². The summed E-state index contributed by atoms with van der Waals surface area (Å²) in [6.07, 6.45) is 0. The van der Waals surface area contributed by atoms with Gasteiger partial charge in [-0.3, -0.25) is 0 Å². The van der Waals surface area contributed by atoms with Crippen molar-refractivity contribution in [1.29, 1.82) is 0 Å². The Morgan fingerprint density at radius 1 is 1.19 bits per heavy atom. The van der Waals surface area contributed by atoms with Gasteiger partial charge in [-0.05, 0) is 30.7 Å². The van der Waals surface area contributed by atoms with Crippen LogP contribution in [0.4, 0.5) is 10.2 Å². The molecule has 2 heterocycles. The standard InChI is InChI=1S/C17H12BrFN6O/c1-9-4-2-3-5-11(9)16-21-17(26-23-16)14-15(20)25(24-22-14)13-7-6-10(18)8-12(13)19/h2-8H,20H2,1H3. The molecule has 2 aromatic heterocycles. The molecule has 4 rings (SSSR count). The summed E-state index contributed by atoms with van der Waals surface area (Å²) in [7, 11) is 0.